The number of nitrogens with one attached hydrogen (secondary N) is 1. The summed E-state index contributed by atoms with van der Waals surface area (Å²) in [5.74, 6) is -1.83. The summed E-state index contributed by atoms with van der Waals surface area (Å²) in [6.07, 6.45) is 0. The zero-order valence-corrected chi connectivity index (χ0v) is 15.0. The molecule has 0 amide bonds. The molecule has 0 radical (unpaired) electrons. The van der Waals surface area contributed by atoms with Crippen LogP contribution in [0.3, 0.4) is 0 Å². The largest absolute Gasteiger partial charge is 0.326 e. The summed E-state index contributed by atoms with van der Waals surface area (Å²) < 4.78 is 53.7. The quantitative estimate of drug-likeness (QED) is 0.680. The Morgan fingerprint density at radius 1 is 1.19 bits per heavy atom. The predicted molar refractivity (Wildman–Crippen MR) is 84.8 cm³/mol. The third kappa shape index (κ3) is 3.62. The minimum absolute atomic E-state index is 0.0476. The predicted octanol–water partition coefficient (Wildman–Crippen LogP) is 3.81. The number of sulfonamides is 1. The van der Waals surface area contributed by atoms with Gasteiger partial charge in [0.2, 0.25) is 0 Å². The average Bonchev–Trinajstić information content (AvgIpc) is 2.78. The Morgan fingerprint density at radius 3 is 2.43 bits per heavy atom. The van der Waals surface area contributed by atoms with Crippen molar-refractivity contribution in [1.82, 2.24) is 0 Å². The molecule has 0 aliphatic carbocycles. The molecule has 10 heteroatoms. The third-order valence-electron chi connectivity index (χ3n) is 2.45. The van der Waals surface area contributed by atoms with Crippen molar-refractivity contribution >= 4 is 58.9 Å². The molecule has 114 valence electrons. The van der Waals surface area contributed by atoms with Gasteiger partial charge in [0.25, 0.3) is 10.0 Å². The Hall–Kier alpha value is -0.550. The van der Waals surface area contributed by atoms with Crippen LogP contribution in [0.2, 0.25) is 0 Å². The van der Waals surface area contributed by atoms with Gasteiger partial charge in [-0.05, 0) is 44.0 Å². The fourth-order valence-electron chi connectivity index (χ4n) is 1.48. The molecule has 4 nitrogen and oxygen atoms in total. The summed E-state index contributed by atoms with van der Waals surface area (Å²) in [4.78, 5) is 0.607. The van der Waals surface area contributed by atoms with Gasteiger partial charge in [-0.3, -0.25) is 4.72 Å². The highest BCUT2D eigenvalue weighted by Crippen LogP contribution is 2.33. The summed E-state index contributed by atoms with van der Waals surface area (Å²) >= 11 is 7.18. The van der Waals surface area contributed by atoms with E-state index in [2.05, 4.69) is 36.6 Å². The molecule has 0 saturated heterocycles. The van der Waals surface area contributed by atoms with E-state index in [1.165, 1.54) is 17.4 Å². The highest BCUT2D eigenvalue weighted by atomic mass is 79.9. The molecule has 3 N–H and O–H groups in total. The monoisotopic (exact) mass is 460 g/mol. The van der Waals surface area contributed by atoms with Gasteiger partial charge < -0.3 is 5.73 Å². The molecular weight excluding hydrogens is 454 g/mol. The summed E-state index contributed by atoms with van der Waals surface area (Å²) in [6.45, 7) is 0.190. The molecule has 0 fully saturated rings. The van der Waals surface area contributed by atoms with Gasteiger partial charge in [-0.25, -0.2) is 17.2 Å². The number of rotatable bonds is 4. The third-order valence-corrected chi connectivity index (χ3v) is 6.70. The Morgan fingerprint density at radius 2 is 1.86 bits per heavy atom. The fourth-order valence-corrected chi connectivity index (χ4v) is 5.45. The second-order valence-electron chi connectivity index (χ2n) is 3.91. The summed E-state index contributed by atoms with van der Waals surface area (Å²) in [5, 5.41) is 0. The van der Waals surface area contributed by atoms with E-state index in [0.717, 1.165) is 6.07 Å². The number of halogens is 4. The maximum Gasteiger partial charge on any atom is 0.263 e. The van der Waals surface area contributed by atoms with Gasteiger partial charge in [0.05, 0.1) is 13.9 Å². The number of nitrogens with two attached hydrogens (primary N) is 1. The van der Waals surface area contributed by atoms with Crippen LogP contribution in [0.4, 0.5) is 14.5 Å². The minimum atomic E-state index is -4.01. The van der Waals surface area contributed by atoms with Crippen molar-refractivity contribution in [2.75, 3.05) is 4.72 Å². The fraction of sp³-hybridized carbons (Fsp3) is 0.0909. The molecule has 1 heterocycles. The summed E-state index contributed by atoms with van der Waals surface area (Å²) in [7, 11) is -4.01. The highest BCUT2D eigenvalue weighted by molar-refractivity contribution is 9.11. The molecule has 0 saturated carbocycles. The van der Waals surface area contributed by atoms with E-state index in [9.17, 15) is 17.2 Å². The van der Waals surface area contributed by atoms with E-state index in [0.29, 0.717) is 14.7 Å². The minimum Gasteiger partial charge on any atom is -0.326 e. The molecule has 0 unspecified atom stereocenters. The summed E-state index contributed by atoms with van der Waals surface area (Å²) in [5.41, 5.74) is 5.10. The molecule has 1 aromatic heterocycles. The number of hydrogen-bond donors (Lipinski definition) is 2. The van der Waals surface area contributed by atoms with Gasteiger partial charge in [-0.1, -0.05) is 0 Å². The van der Waals surface area contributed by atoms with Crippen molar-refractivity contribution in [3.63, 3.8) is 0 Å². The lowest BCUT2D eigenvalue weighted by molar-refractivity contribution is 0.579. The molecule has 0 aliphatic rings. The Balaban J connectivity index is 2.42. The maximum absolute atomic E-state index is 13.6. The summed E-state index contributed by atoms with van der Waals surface area (Å²) in [6, 6.07) is 3.01. The molecule has 0 atom stereocenters. The van der Waals surface area contributed by atoms with Crippen molar-refractivity contribution in [3.8, 4) is 0 Å². The molecule has 1 aromatic carbocycles. The lowest BCUT2D eigenvalue weighted by atomic mass is 10.3. The van der Waals surface area contributed by atoms with Crippen LogP contribution in [-0.2, 0) is 16.6 Å². The molecule has 0 bridgehead atoms. The topological polar surface area (TPSA) is 72.2 Å². The van der Waals surface area contributed by atoms with Crippen LogP contribution in [0.1, 0.15) is 4.88 Å². The van der Waals surface area contributed by atoms with Crippen molar-refractivity contribution in [1.29, 1.82) is 0 Å². The molecule has 2 aromatic rings. The van der Waals surface area contributed by atoms with Crippen molar-refractivity contribution < 1.29 is 17.2 Å². The van der Waals surface area contributed by atoms with Gasteiger partial charge in [0.15, 0.2) is 0 Å². The first-order valence-corrected chi connectivity index (χ1v) is 9.29. The van der Waals surface area contributed by atoms with Gasteiger partial charge in [0, 0.05) is 17.5 Å². The van der Waals surface area contributed by atoms with Gasteiger partial charge in [-0.2, -0.15) is 0 Å². The lowest BCUT2D eigenvalue weighted by Gasteiger charge is -2.09. The van der Waals surface area contributed by atoms with Crippen LogP contribution in [0.15, 0.2) is 31.4 Å². The molecule has 0 spiro atoms. The van der Waals surface area contributed by atoms with Crippen LogP contribution in [0.25, 0.3) is 0 Å². The molecular formula is C11H8Br2F2N2O2S2. The van der Waals surface area contributed by atoms with Crippen LogP contribution in [0.5, 0.6) is 0 Å². The Bertz CT molecular complexity index is 794. The van der Waals surface area contributed by atoms with E-state index in [4.69, 9.17) is 5.73 Å². The van der Waals surface area contributed by atoms with Crippen LogP contribution < -0.4 is 10.5 Å². The number of hydrogen-bond acceptors (Lipinski definition) is 4. The number of thiophene rings is 1. The maximum atomic E-state index is 13.6. The standard InChI is InChI=1S/C11H8Br2F2N2O2S2/c12-6-2-9(8(15)3-7(6)14)17-21(18,19)10-1-5(4-16)20-11(10)13/h1-3,17H,4,16H2. The van der Waals surface area contributed by atoms with Gasteiger partial charge in [-0.15, -0.1) is 11.3 Å². The zero-order valence-electron chi connectivity index (χ0n) is 10.2. The van der Waals surface area contributed by atoms with Gasteiger partial charge in [0.1, 0.15) is 16.5 Å². The number of anilines is 1. The second-order valence-corrected chi connectivity index (χ2v) is 8.87. The van der Waals surface area contributed by atoms with Crippen molar-refractivity contribution in [2.45, 2.75) is 11.4 Å². The van der Waals surface area contributed by atoms with Crippen molar-refractivity contribution in [2.24, 2.45) is 5.73 Å². The first-order chi connectivity index (χ1) is 9.74. The molecule has 2 rings (SSSR count). The first-order valence-electron chi connectivity index (χ1n) is 5.40. The number of benzene rings is 1. The van der Waals surface area contributed by atoms with Crippen molar-refractivity contribution in [3.05, 3.63) is 43.0 Å². The zero-order chi connectivity index (χ0) is 15.8. The molecule has 0 aliphatic heterocycles. The Labute approximate surface area is 140 Å². The van der Waals surface area contributed by atoms with E-state index in [-0.39, 0.29) is 21.6 Å². The van der Waals surface area contributed by atoms with E-state index < -0.39 is 21.7 Å². The van der Waals surface area contributed by atoms with Gasteiger partial charge >= 0.3 is 0 Å². The highest BCUT2D eigenvalue weighted by Gasteiger charge is 2.22. The molecule has 21 heavy (non-hydrogen) atoms. The van der Waals surface area contributed by atoms with Crippen LogP contribution in [0, 0.1) is 11.6 Å². The van der Waals surface area contributed by atoms with E-state index >= 15 is 0 Å². The lowest BCUT2D eigenvalue weighted by Crippen LogP contribution is -2.14. The first kappa shape index (κ1) is 16.8. The van der Waals surface area contributed by atoms with Crippen LogP contribution in [-0.4, -0.2) is 8.42 Å². The Kier molecular flexibility index (Phi) is 5.03. The normalized spacial score (nSPS) is 11.7. The van der Waals surface area contributed by atoms with Crippen LogP contribution >= 0.6 is 43.2 Å². The van der Waals surface area contributed by atoms with E-state index in [1.807, 2.05) is 0 Å². The average molecular weight is 462 g/mol. The second kappa shape index (κ2) is 6.29. The van der Waals surface area contributed by atoms with E-state index in [1.54, 1.807) is 0 Å². The SMILES string of the molecule is NCc1cc(S(=O)(=O)Nc2cc(Br)c(F)cc2F)c(Br)s1. The smallest absolute Gasteiger partial charge is 0.263 e.